The van der Waals surface area contributed by atoms with E-state index < -0.39 is 5.97 Å². The summed E-state index contributed by atoms with van der Waals surface area (Å²) in [6, 6.07) is 7.46. The summed E-state index contributed by atoms with van der Waals surface area (Å²) in [4.78, 5) is 25.5. The summed E-state index contributed by atoms with van der Waals surface area (Å²) in [5.41, 5.74) is 1.83. The number of esters is 1. The number of fused-ring (bicyclic) bond motifs is 1. The zero-order valence-electron chi connectivity index (χ0n) is 14.7. The molecule has 0 bridgehead atoms. The van der Waals surface area contributed by atoms with Crippen LogP contribution in [0.25, 0.3) is 11.0 Å². The Bertz CT molecular complexity index is 982. The highest BCUT2D eigenvalue weighted by Gasteiger charge is 2.27. The Morgan fingerprint density at radius 2 is 2.04 bits per heavy atom. The fourth-order valence-electron chi connectivity index (χ4n) is 3.53. The van der Waals surface area contributed by atoms with Crippen LogP contribution in [0, 0.1) is 0 Å². The second-order valence-corrected chi connectivity index (χ2v) is 6.61. The van der Waals surface area contributed by atoms with Gasteiger partial charge in [-0.3, -0.25) is 4.99 Å². The topological polar surface area (TPSA) is 82.7 Å². The molecule has 1 saturated heterocycles. The molecule has 8 nitrogen and oxygen atoms in total. The first-order chi connectivity index (χ1) is 13.3. The zero-order chi connectivity index (χ0) is 18.2. The lowest BCUT2D eigenvalue weighted by Gasteiger charge is -2.35. The van der Waals surface area contributed by atoms with E-state index >= 15 is 0 Å². The molecule has 1 N–H and O–H groups in total. The van der Waals surface area contributed by atoms with Crippen molar-refractivity contribution in [2.75, 3.05) is 39.3 Å². The average molecular weight is 365 g/mol. The molecule has 0 saturated carbocycles. The van der Waals surface area contributed by atoms with Gasteiger partial charge in [0.2, 0.25) is 5.90 Å². The Kier molecular flexibility index (Phi) is 3.81. The van der Waals surface area contributed by atoms with Crippen LogP contribution in [-0.2, 0) is 9.53 Å². The first-order valence-corrected chi connectivity index (χ1v) is 9.04. The smallest absolute Gasteiger partial charge is 0.365 e. The van der Waals surface area contributed by atoms with Crippen molar-refractivity contribution < 1.29 is 13.9 Å². The average Bonchev–Trinajstić information content (AvgIpc) is 3.43. The van der Waals surface area contributed by atoms with E-state index in [1.807, 2.05) is 24.3 Å². The summed E-state index contributed by atoms with van der Waals surface area (Å²) in [5, 5.41) is 4.17. The van der Waals surface area contributed by atoms with Crippen LogP contribution in [0.3, 0.4) is 0 Å². The molecule has 8 heteroatoms. The number of carbonyl (C=O) groups excluding carboxylic acids is 1. The Morgan fingerprint density at radius 3 is 2.85 bits per heavy atom. The molecule has 0 aliphatic carbocycles. The molecule has 0 spiro atoms. The van der Waals surface area contributed by atoms with Crippen molar-refractivity contribution in [3.8, 4) is 0 Å². The van der Waals surface area contributed by atoms with Crippen molar-refractivity contribution in [3.05, 3.63) is 48.0 Å². The number of aliphatic imine (C=N–C) groups is 2. The fraction of sp³-hybridized carbons (Fsp3) is 0.316. The summed E-state index contributed by atoms with van der Waals surface area (Å²) < 4.78 is 10.8. The van der Waals surface area contributed by atoms with Crippen molar-refractivity contribution in [3.63, 3.8) is 0 Å². The van der Waals surface area contributed by atoms with E-state index in [1.165, 1.54) is 0 Å². The monoisotopic (exact) mass is 365 g/mol. The van der Waals surface area contributed by atoms with Gasteiger partial charge in [-0.05, 0) is 18.2 Å². The largest absolute Gasteiger partial charge is 0.464 e. The van der Waals surface area contributed by atoms with Gasteiger partial charge in [0.1, 0.15) is 5.58 Å². The van der Waals surface area contributed by atoms with Gasteiger partial charge in [-0.1, -0.05) is 6.07 Å². The highest BCUT2D eigenvalue weighted by molar-refractivity contribution is 6.15. The van der Waals surface area contributed by atoms with Crippen LogP contribution in [0.15, 0.2) is 56.8 Å². The summed E-state index contributed by atoms with van der Waals surface area (Å²) in [6.07, 6.45) is 3.41. The third kappa shape index (κ3) is 2.92. The maximum atomic E-state index is 12.3. The number of hydrogen-bond acceptors (Lipinski definition) is 8. The lowest BCUT2D eigenvalue weighted by atomic mass is 10.1. The standard InChI is InChI=1S/C19H19N5O3/c25-18-15(12-23-7-9-24(10-8-23)19-20-5-6-21-19)22-17(27-18)14-2-1-3-16-13(14)4-11-26-16/h1-4,11-12H,5-10H2,(H,20,21)/b15-12+. The molecular weight excluding hydrogens is 346 g/mol. The number of carbonyl (C=O) groups is 1. The maximum absolute atomic E-state index is 12.3. The predicted octanol–water partition coefficient (Wildman–Crippen LogP) is 1.15. The number of cyclic esters (lactones) is 1. The van der Waals surface area contributed by atoms with Crippen molar-refractivity contribution in [2.45, 2.75) is 0 Å². The highest BCUT2D eigenvalue weighted by atomic mass is 16.6. The SMILES string of the molecule is O=C1OC(c2cccc3occc23)=N/C1=C/N1CCN(C2=NCCN2)CC1. The molecule has 4 heterocycles. The van der Waals surface area contributed by atoms with Gasteiger partial charge < -0.3 is 24.3 Å². The van der Waals surface area contributed by atoms with Crippen LogP contribution in [0.5, 0.6) is 0 Å². The molecule has 1 aromatic heterocycles. The molecular formula is C19H19N5O3. The summed E-state index contributed by atoms with van der Waals surface area (Å²) in [6.45, 7) is 5.07. The molecule has 0 amide bonds. The number of benzene rings is 1. The number of piperazine rings is 1. The molecule has 0 unspecified atom stereocenters. The number of nitrogens with zero attached hydrogens (tertiary/aromatic N) is 4. The molecule has 5 rings (SSSR count). The summed E-state index contributed by atoms with van der Waals surface area (Å²) in [5.74, 6) is 0.882. The first-order valence-electron chi connectivity index (χ1n) is 9.04. The van der Waals surface area contributed by atoms with Crippen LogP contribution >= 0.6 is 0 Å². The van der Waals surface area contributed by atoms with Gasteiger partial charge in [-0.2, -0.15) is 0 Å². The molecule has 0 radical (unpaired) electrons. The van der Waals surface area contributed by atoms with E-state index in [4.69, 9.17) is 9.15 Å². The molecule has 2 aromatic rings. The minimum absolute atomic E-state index is 0.321. The van der Waals surface area contributed by atoms with Gasteiger partial charge in [0, 0.05) is 49.9 Å². The van der Waals surface area contributed by atoms with E-state index in [2.05, 4.69) is 25.1 Å². The van der Waals surface area contributed by atoms with Gasteiger partial charge >= 0.3 is 5.97 Å². The number of guanidine groups is 1. The molecule has 0 atom stereocenters. The number of nitrogens with one attached hydrogen (secondary N) is 1. The number of ether oxygens (including phenoxy) is 1. The van der Waals surface area contributed by atoms with Crippen LogP contribution in [-0.4, -0.2) is 66.9 Å². The second-order valence-electron chi connectivity index (χ2n) is 6.61. The van der Waals surface area contributed by atoms with Crippen LogP contribution in [0.2, 0.25) is 0 Å². The summed E-state index contributed by atoms with van der Waals surface area (Å²) >= 11 is 0. The van der Waals surface area contributed by atoms with Crippen LogP contribution in [0.1, 0.15) is 5.56 Å². The minimum Gasteiger partial charge on any atom is -0.464 e. The Balaban J connectivity index is 1.33. The highest BCUT2D eigenvalue weighted by Crippen LogP contribution is 2.25. The van der Waals surface area contributed by atoms with Crippen molar-refractivity contribution in [1.29, 1.82) is 0 Å². The first kappa shape index (κ1) is 15.9. The Hall–Kier alpha value is -3.29. The van der Waals surface area contributed by atoms with Gasteiger partial charge in [-0.25, -0.2) is 9.79 Å². The van der Waals surface area contributed by atoms with E-state index in [1.54, 1.807) is 12.5 Å². The van der Waals surface area contributed by atoms with E-state index in [-0.39, 0.29) is 0 Å². The third-order valence-corrected chi connectivity index (χ3v) is 4.92. The van der Waals surface area contributed by atoms with Gasteiger partial charge in [0.25, 0.3) is 0 Å². The number of furan rings is 1. The third-order valence-electron chi connectivity index (χ3n) is 4.92. The van der Waals surface area contributed by atoms with E-state index in [0.717, 1.165) is 61.8 Å². The van der Waals surface area contributed by atoms with Gasteiger partial charge in [0.15, 0.2) is 11.7 Å². The fourth-order valence-corrected chi connectivity index (χ4v) is 3.53. The molecule has 138 valence electrons. The molecule has 1 aromatic carbocycles. The second kappa shape index (κ2) is 6.46. The number of hydrogen-bond donors (Lipinski definition) is 1. The zero-order valence-corrected chi connectivity index (χ0v) is 14.7. The van der Waals surface area contributed by atoms with Crippen molar-refractivity contribution >= 4 is 28.8 Å². The van der Waals surface area contributed by atoms with Crippen LogP contribution < -0.4 is 5.32 Å². The normalized spacial score (nSPS) is 21.5. The molecule has 3 aliphatic heterocycles. The number of rotatable bonds is 2. The Morgan fingerprint density at radius 1 is 1.15 bits per heavy atom. The molecule has 3 aliphatic rings. The quantitative estimate of drug-likeness (QED) is 0.635. The van der Waals surface area contributed by atoms with Gasteiger partial charge in [-0.15, -0.1) is 0 Å². The molecule has 27 heavy (non-hydrogen) atoms. The van der Waals surface area contributed by atoms with E-state index in [0.29, 0.717) is 11.6 Å². The van der Waals surface area contributed by atoms with Crippen molar-refractivity contribution in [1.82, 2.24) is 15.1 Å². The lowest BCUT2D eigenvalue weighted by molar-refractivity contribution is -0.130. The maximum Gasteiger partial charge on any atom is 0.365 e. The van der Waals surface area contributed by atoms with Gasteiger partial charge in [0.05, 0.1) is 12.8 Å². The summed E-state index contributed by atoms with van der Waals surface area (Å²) in [7, 11) is 0. The van der Waals surface area contributed by atoms with Crippen LogP contribution in [0.4, 0.5) is 0 Å². The minimum atomic E-state index is -0.422. The van der Waals surface area contributed by atoms with E-state index in [9.17, 15) is 4.79 Å². The molecule has 1 fully saturated rings. The predicted molar refractivity (Wildman–Crippen MR) is 100 cm³/mol. The Labute approximate surface area is 155 Å². The lowest BCUT2D eigenvalue weighted by Crippen LogP contribution is -2.50. The van der Waals surface area contributed by atoms with Crippen molar-refractivity contribution in [2.24, 2.45) is 9.98 Å².